The fourth-order valence-corrected chi connectivity index (χ4v) is 1.93. The van der Waals surface area contributed by atoms with Crippen molar-refractivity contribution in [3.05, 3.63) is 62.5 Å². The van der Waals surface area contributed by atoms with Gasteiger partial charge in [-0.05, 0) is 25.1 Å². The van der Waals surface area contributed by atoms with E-state index in [9.17, 15) is 9.18 Å². The molecule has 0 bridgehead atoms. The van der Waals surface area contributed by atoms with E-state index in [4.69, 9.17) is 16.9 Å². The number of nitriles is 1. The molecular formula is C13H9ClFN3O. The topological polar surface area (TPSA) is 58.7 Å². The van der Waals surface area contributed by atoms with Crippen LogP contribution in [-0.2, 0) is 6.54 Å². The molecule has 0 unspecified atom stereocenters. The molecule has 0 saturated carbocycles. The molecule has 96 valence electrons. The van der Waals surface area contributed by atoms with Gasteiger partial charge in [0.15, 0.2) is 0 Å². The van der Waals surface area contributed by atoms with Crippen LogP contribution in [0.4, 0.5) is 4.39 Å². The molecule has 0 aliphatic carbocycles. The standard InChI is InChI=1S/C13H9ClFN3O/c1-8-17-12(14)5-13(19)18(8)7-10-4-9(6-16)2-3-11(10)15/h2-5H,7H2,1H3. The zero-order chi connectivity index (χ0) is 14.0. The lowest BCUT2D eigenvalue weighted by atomic mass is 10.1. The third-order valence-electron chi connectivity index (χ3n) is 2.67. The van der Waals surface area contributed by atoms with Crippen molar-refractivity contribution in [3.8, 4) is 6.07 Å². The Morgan fingerprint density at radius 2 is 2.21 bits per heavy atom. The molecule has 4 nitrogen and oxygen atoms in total. The molecule has 0 N–H and O–H groups in total. The highest BCUT2D eigenvalue weighted by atomic mass is 35.5. The van der Waals surface area contributed by atoms with Crippen molar-refractivity contribution in [1.82, 2.24) is 9.55 Å². The van der Waals surface area contributed by atoms with Crippen LogP contribution in [0.2, 0.25) is 5.15 Å². The first-order valence-corrected chi connectivity index (χ1v) is 5.81. The van der Waals surface area contributed by atoms with E-state index in [-0.39, 0.29) is 22.8 Å². The van der Waals surface area contributed by atoms with Crippen LogP contribution in [0.1, 0.15) is 17.0 Å². The minimum atomic E-state index is -0.472. The predicted octanol–water partition coefficient (Wildman–Crippen LogP) is 2.26. The molecule has 2 rings (SSSR count). The molecule has 0 atom stereocenters. The van der Waals surface area contributed by atoms with Crippen molar-refractivity contribution in [1.29, 1.82) is 5.26 Å². The second-order valence-corrected chi connectivity index (χ2v) is 4.36. The molecule has 1 heterocycles. The molecule has 0 fully saturated rings. The van der Waals surface area contributed by atoms with E-state index in [0.717, 1.165) is 0 Å². The van der Waals surface area contributed by atoms with Crippen LogP contribution in [0.3, 0.4) is 0 Å². The number of aromatic nitrogens is 2. The Hall–Kier alpha value is -2.19. The highest BCUT2D eigenvalue weighted by Crippen LogP contribution is 2.12. The number of benzene rings is 1. The summed E-state index contributed by atoms with van der Waals surface area (Å²) < 4.78 is 15.0. The minimum Gasteiger partial charge on any atom is -0.292 e. The Morgan fingerprint density at radius 1 is 1.47 bits per heavy atom. The van der Waals surface area contributed by atoms with Crippen LogP contribution in [-0.4, -0.2) is 9.55 Å². The fraction of sp³-hybridized carbons (Fsp3) is 0.154. The summed E-state index contributed by atoms with van der Waals surface area (Å²) in [5, 5.41) is 8.90. The maximum Gasteiger partial charge on any atom is 0.255 e. The zero-order valence-corrected chi connectivity index (χ0v) is 10.8. The van der Waals surface area contributed by atoms with Crippen molar-refractivity contribution in [2.75, 3.05) is 0 Å². The average molecular weight is 278 g/mol. The third kappa shape index (κ3) is 2.80. The van der Waals surface area contributed by atoms with Crippen LogP contribution >= 0.6 is 11.6 Å². The Morgan fingerprint density at radius 3 is 2.84 bits per heavy atom. The van der Waals surface area contributed by atoms with Gasteiger partial charge in [0.05, 0.1) is 18.2 Å². The Labute approximate surface area is 113 Å². The summed E-state index contributed by atoms with van der Waals surface area (Å²) in [6, 6.07) is 7.10. The normalized spacial score (nSPS) is 10.2. The smallest absolute Gasteiger partial charge is 0.255 e. The molecule has 2 aromatic rings. The van der Waals surface area contributed by atoms with Crippen LogP contribution in [0.25, 0.3) is 0 Å². The van der Waals surface area contributed by atoms with Gasteiger partial charge in [0, 0.05) is 11.6 Å². The summed E-state index contributed by atoms with van der Waals surface area (Å²) in [5.74, 6) is -0.0838. The van der Waals surface area contributed by atoms with Crippen molar-refractivity contribution >= 4 is 11.6 Å². The van der Waals surface area contributed by atoms with Gasteiger partial charge in [-0.3, -0.25) is 9.36 Å². The van der Waals surface area contributed by atoms with Crippen molar-refractivity contribution < 1.29 is 4.39 Å². The van der Waals surface area contributed by atoms with Crippen LogP contribution in [0.5, 0.6) is 0 Å². The molecule has 0 radical (unpaired) electrons. The number of nitrogens with zero attached hydrogens (tertiary/aromatic N) is 3. The second kappa shape index (κ2) is 5.21. The highest BCUT2D eigenvalue weighted by Gasteiger charge is 2.09. The minimum absolute atomic E-state index is 0.0101. The first-order valence-electron chi connectivity index (χ1n) is 5.44. The lowest BCUT2D eigenvalue weighted by Crippen LogP contribution is -2.23. The van der Waals surface area contributed by atoms with Crippen LogP contribution in [0, 0.1) is 24.1 Å². The van der Waals surface area contributed by atoms with E-state index < -0.39 is 5.82 Å². The number of rotatable bonds is 2. The molecule has 19 heavy (non-hydrogen) atoms. The largest absolute Gasteiger partial charge is 0.292 e. The predicted molar refractivity (Wildman–Crippen MR) is 68.5 cm³/mol. The molecule has 0 aliphatic rings. The van der Waals surface area contributed by atoms with Gasteiger partial charge in [0.1, 0.15) is 16.8 Å². The van der Waals surface area contributed by atoms with E-state index in [1.54, 1.807) is 6.92 Å². The number of hydrogen-bond donors (Lipinski definition) is 0. The summed E-state index contributed by atoms with van der Waals surface area (Å²) in [7, 11) is 0. The van der Waals surface area contributed by atoms with E-state index in [0.29, 0.717) is 11.4 Å². The fourth-order valence-electron chi connectivity index (χ4n) is 1.71. The lowest BCUT2D eigenvalue weighted by Gasteiger charge is -2.10. The van der Waals surface area contributed by atoms with E-state index >= 15 is 0 Å². The van der Waals surface area contributed by atoms with Gasteiger partial charge in [-0.25, -0.2) is 9.37 Å². The van der Waals surface area contributed by atoms with E-state index in [1.165, 1.54) is 28.8 Å². The molecule has 0 aliphatic heterocycles. The number of halogens is 2. The zero-order valence-electron chi connectivity index (χ0n) is 10.0. The molecule has 6 heteroatoms. The monoisotopic (exact) mass is 277 g/mol. The SMILES string of the molecule is Cc1nc(Cl)cc(=O)n1Cc1cc(C#N)ccc1F. The van der Waals surface area contributed by atoms with Gasteiger partial charge in [0.25, 0.3) is 5.56 Å². The Balaban J connectivity index is 2.48. The van der Waals surface area contributed by atoms with Gasteiger partial charge in [0.2, 0.25) is 0 Å². The van der Waals surface area contributed by atoms with E-state index in [2.05, 4.69) is 4.98 Å². The van der Waals surface area contributed by atoms with Crippen LogP contribution in [0.15, 0.2) is 29.1 Å². The summed E-state index contributed by atoms with van der Waals surface area (Å²) in [6.07, 6.45) is 0. The van der Waals surface area contributed by atoms with Gasteiger partial charge in [-0.2, -0.15) is 5.26 Å². The Bertz CT molecular complexity index is 734. The molecule has 1 aromatic carbocycles. The van der Waals surface area contributed by atoms with Gasteiger partial charge >= 0.3 is 0 Å². The first kappa shape index (κ1) is 13.2. The summed E-state index contributed by atoms with van der Waals surface area (Å²) in [4.78, 5) is 15.7. The molecular weight excluding hydrogens is 269 g/mol. The third-order valence-corrected chi connectivity index (χ3v) is 2.86. The van der Waals surface area contributed by atoms with Gasteiger partial charge < -0.3 is 0 Å². The summed E-state index contributed by atoms with van der Waals surface area (Å²) >= 11 is 5.66. The van der Waals surface area contributed by atoms with Crippen molar-refractivity contribution in [3.63, 3.8) is 0 Å². The lowest BCUT2D eigenvalue weighted by molar-refractivity contribution is 0.589. The quantitative estimate of drug-likeness (QED) is 0.791. The molecule has 1 aromatic heterocycles. The van der Waals surface area contributed by atoms with Crippen LogP contribution < -0.4 is 5.56 Å². The van der Waals surface area contributed by atoms with Gasteiger partial charge in [-0.15, -0.1) is 0 Å². The number of hydrogen-bond acceptors (Lipinski definition) is 3. The number of aryl methyl sites for hydroxylation is 1. The molecule has 0 spiro atoms. The second-order valence-electron chi connectivity index (χ2n) is 3.97. The summed E-state index contributed by atoms with van der Waals surface area (Å²) in [5.41, 5.74) is 0.233. The molecule has 0 saturated heterocycles. The van der Waals surface area contributed by atoms with Crippen molar-refractivity contribution in [2.45, 2.75) is 13.5 Å². The van der Waals surface area contributed by atoms with Crippen molar-refractivity contribution in [2.24, 2.45) is 0 Å². The Kier molecular flexibility index (Phi) is 3.63. The molecule has 0 amide bonds. The van der Waals surface area contributed by atoms with E-state index in [1.807, 2.05) is 6.07 Å². The average Bonchev–Trinajstić information content (AvgIpc) is 2.35. The first-order chi connectivity index (χ1) is 9.01. The van der Waals surface area contributed by atoms with Gasteiger partial charge in [-0.1, -0.05) is 11.6 Å². The highest BCUT2D eigenvalue weighted by molar-refractivity contribution is 6.29. The summed E-state index contributed by atoms with van der Waals surface area (Å²) in [6.45, 7) is 1.62. The maximum absolute atomic E-state index is 13.7. The maximum atomic E-state index is 13.7.